The van der Waals surface area contributed by atoms with Crippen LogP contribution in [0.5, 0.6) is 0 Å². The zero-order valence-corrected chi connectivity index (χ0v) is 9.64. The van der Waals surface area contributed by atoms with Gasteiger partial charge in [-0.3, -0.25) is 0 Å². The molecular formula is C13H17Cl. The summed E-state index contributed by atoms with van der Waals surface area (Å²) in [4.78, 5) is 0. The molecule has 0 aliphatic heterocycles. The number of aryl methyl sites for hydroxylation is 2. The zero-order valence-electron chi connectivity index (χ0n) is 8.89. The fourth-order valence-corrected chi connectivity index (χ4v) is 2.41. The molecule has 14 heavy (non-hydrogen) atoms. The van der Waals surface area contributed by atoms with Crippen LogP contribution >= 0.6 is 11.6 Å². The van der Waals surface area contributed by atoms with Crippen molar-refractivity contribution in [1.82, 2.24) is 0 Å². The quantitative estimate of drug-likeness (QED) is 0.658. The molecule has 0 spiro atoms. The van der Waals surface area contributed by atoms with Crippen molar-refractivity contribution in [3.8, 4) is 0 Å². The Hall–Kier alpha value is -0.490. The molecule has 0 bridgehead atoms. The first-order chi connectivity index (χ1) is 6.72. The van der Waals surface area contributed by atoms with Crippen molar-refractivity contribution in [1.29, 1.82) is 0 Å². The van der Waals surface area contributed by atoms with Crippen LogP contribution in [0.2, 0.25) is 0 Å². The third-order valence-corrected chi connectivity index (χ3v) is 3.65. The molecule has 1 aliphatic rings. The Morgan fingerprint density at radius 1 is 1.29 bits per heavy atom. The van der Waals surface area contributed by atoms with E-state index in [4.69, 9.17) is 11.6 Å². The molecule has 0 nitrogen and oxygen atoms in total. The van der Waals surface area contributed by atoms with E-state index >= 15 is 0 Å². The summed E-state index contributed by atoms with van der Waals surface area (Å²) < 4.78 is 0. The van der Waals surface area contributed by atoms with Crippen LogP contribution in [0.1, 0.15) is 35.4 Å². The maximum atomic E-state index is 6.03. The molecular weight excluding hydrogens is 192 g/mol. The van der Waals surface area contributed by atoms with Gasteiger partial charge in [-0.1, -0.05) is 18.2 Å². The highest BCUT2D eigenvalue weighted by atomic mass is 35.5. The fraction of sp³-hybridized carbons (Fsp3) is 0.538. The summed E-state index contributed by atoms with van der Waals surface area (Å²) in [6, 6.07) is 6.76. The Balaban J connectivity index is 2.25. The van der Waals surface area contributed by atoms with Crippen molar-refractivity contribution < 1.29 is 0 Å². The summed E-state index contributed by atoms with van der Waals surface area (Å²) in [5.74, 6) is 2.22. The van der Waals surface area contributed by atoms with E-state index in [0.29, 0.717) is 5.92 Å². The minimum absolute atomic E-state index is 0.593. The lowest BCUT2D eigenvalue weighted by atomic mass is 9.93. The van der Waals surface area contributed by atoms with Crippen LogP contribution in [-0.4, -0.2) is 5.88 Å². The molecule has 1 unspecified atom stereocenters. The van der Waals surface area contributed by atoms with Crippen molar-refractivity contribution in [2.24, 2.45) is 5.92 Å². The standard InChI is InChI=1S/C13H17Cl/c1-9-3-4-12(7-10(9)2)13(8-14)11-5-6-11/h3-4,7,11,13H,5-6,8H2,1-2H3. The van der Waals surface area contributed by atoms with E-state index in [9.17, 15) is 0 Å². The van der Waals surface area contributed by atoms with E-state index in [0.717, 1.165) is 11.8 Å². The molecule has 1 heteroatoms. The molecule has 1 atom stereocenters. The van der Waals surface area contributed by atoms with Crippen LogP contribution in [0, 0.1) is 19.8 Å². The summed E-state index contributed by atoms with van der Waals surface area (Å²) in [7, 11) is 0. The minimum Gasteiger partial charge on any atom is -0.126 e. The van der Waals surface area contributed by atoms with Gasteiger partial charge < -0.3 is 0 Å². The fourth-order valence-electron chi connectivity index (χ4n) is 1.98. The van der Waals surface area contributed by atoms with Crippen LogP contribution in [0.3, 0.4) is 0 Å². The summed E-state index contributed by atoms with van der Waals surface area (Å²) in [5.41, 5.74) is 4.20. The molecule has 76 valence electrons. The van der Waals surface area contributed by atoms with Crippen LogP contribution in [-0.2, 0) is 0 Å². The molecule has 0 radical (unpaired) electrons. The number of alkyl halides is 1. The van der Waals surface area contributed by atoms with E-state index < -0.39 is 0 Å². The Morgan fingerprint density at radius 2 is 2.00 bits per heavy atom. The average Bonchev–Trinajstić information content (AvgIpc) is 2.96. The third kappa shape index (κ3) is 1.95. The Bertz CT molecular complexity index is 326. The van der Waals surface area contributed by atoms with Crippen molar-refractivity contribution >= 4 is 11.6 Å². The predicted molar refractivity (Wildman–Crippen MR) is 62.1 cm³/mol. The third-order valence-electron chi connectivity index (χ3n) is 3.32. The molecule has 0 saturated heterocycles. The second-order valence-electron chi connectivity index (χ2n) is 4.44. The summed E-state index contributed by atoms with van der Waals surface area (Å²) in [6.07, 6.45) is 2.73. The highest BCUT2D eigenvalue weighted by Gasteiger charge is 2.31. The lowest BCUT2D eigenvalue weighted by Gasteiger charge is -2.14. The largest absolute Gasteiger partial charge is 0.126 e. The molecule has 1 saturated carbocycles. The van der Waals surface area contributed by atoms with E-state index in [1.54, 1.807) is 0 Å². The molecule has 0 amide bonds. The number of hydrogen-bond donors (Lipinski definition) is 0. The Labute approximate surface area is 91.3 Å². The van der Waals surface area contributed by atoms with Crippen LogP contribution in [0.25, 0.3) is 0 Å². The highest BCUT2D eigenvalue weighted by Crippen LogP contribution is 2.43. The zero-order chi connectivity index (χ0) is 10.1. The maximum Gasteiger partial charge on any atom is 0.0294 e. The van der Waals surface area contributed by atoms with E-state index in [2.05, 4.69) is 32.0 Å². The lowest BCUT2D eigenvalue weighted by Crippen LogP contribution is -2.03. The molecule has 1 aromatic carbocycles. The van der Waals surface area contributed by atoms with Gasteiger partial charge in [0, 0.05) is 11.8 Å². The molecule has 1 fully saturated rings. The summed E-state index contributed by atoms with van der Waals surface area (Å²) >= 11 is 6.03. The smallest absolute Gasteiger partial charge is 0.0294 e. The van der Waals surface area contributed by atoms with Gasteiger partial charge in [-0.25, -0.2) is 0 Å². The van der Waals surface area contributed by atoms with Gasteiger partial charge in [0.25, 0.3) is 0 Å². The van der Waals surface area contributed by atoms with Crippen molar-refractivity contribution in [3.05, 3.63) is 34.9 Å². The monoisotopic (exact) mass is 208 g/mol. The van der Waals surface area contributed by atoms with Gasteiger partial charge in [-0.2, -0.15) is 0 Å². The topological polar surface area (TPSA) is 0 Å². The number of hydrogen-bond acceptors (Lipinski definition) is 0. The van der Waals surface area contributed by atoms with Crippen molar-refractivity contribution in [2.45, 2.75) is 32.6 Å². The maximum absolute atomic E-state index is 6.03. The number of rotatable bonds is 3. The minimum atomic E-state index is 0.593. The predicted octanol–water partition coefficient (Wildman–Crippen LogP) is 4.04. The van der Waals surface area contributed by atoms with Gasteiger partial charge in [0.2, 0.25) is 0 Å². The molecule has 0 aromatic heterocycles. The van der Waals surface area contributed by atoms with Gasteiger partial charge in [0.1, 0.15) is 0 Å². The van der Waals surface area contributed by atoms with Crippen LogP contribution < -0.4 is 0 Å². The number of halogens is 1. The second kappa shape index (κ2) is 3.94. The summed E-state index contributed by atoms with van der Waals surface area (Å²) in [5, 5.41) is 0. The van der Waals surface area contributed by atoms with Crippen LogP contribution in [0.15, 0.2) is 18.2 Å². The van der Waals surface area contributed by atoms with Gasteiger partial charge in [-0.15, -0.1) is 11.6 Å². The first-order valence-corrected chi connectivity index (χ1v) is 5.89. The van der Waals surface area contributed by atoms with Crippen molar-refractivity contribution in [2.75, 3.05) is 5.88 Å². The molecule has 1 aliphatic carbocycles. The Morgan fingerprint density at radius 3 is 2.50 bits per heavy atom. The first-order valence-electron chi connectivity index (χ1n) is 5.35. The van der Waals surface area contributed by atoms with Gasteiger partial charge in [-0.05, 0) is 49.3 Å². The average molecular weight is 209 g/mol. The van der Waals surface area contributed by atoms with Crippen molar-refractivity contribution in [3.63, 3.8) is 0 Å². The van der Waals surface area contributed by atoms with E-state index in [1.165, 1.54) is 29.5 Å². The van der Waals surface area contributed by atoms with E-state index in [-0.39, 0.29) is 0 Å². The molecule has 2 rings (SSSR count). The highest BCUT2D eigenvalue weighted by molar-refractivity contribution is 6.18. The van der Waals surface area contributed by atoms with Gasteiger partial charge in [0.15, 0.2) is 0 Å². The Kier molecular flexibility index (Phi) is 2.83. The van der Waals surface area contributed by atoms with Crippen LogP contribution in [0.4, 0.5) is 0 Å². The molecule has 0 heterocycles. The number of benzene rings is 1. The SMILES string of the molecule is Cc1ccc(C(CCl)C2CC2)cc1C. The van der Waals surface area contributed by atoms with Gasteiger partial charge in [0.05, 0.1) is 0 Å². The normalized spacial score (nSPS) is 18.2. The van der Waals surface area contributed by atoms with Gasteiger partial charge >= 0.3 is 0 Å². The summed E-state index contributed by atoms with van der Waals surface area (Å²) in [6.45, 7) is 4.34. The first kappa shape index (κ1) is 10.0. The lowest BCUT2D eigenvalue weighted by molar-refractivity contribution is 0.669. The molecule has 1 aromatic rings. The second-order valence-corrected chi connectivity index (χ2v) is 4.75. The van der Waals surface area contributed by atoms with E-state index in [1.807, 2.05) is 0 Å². The molecule has 0 N–H and O–H groups in total.